The smallest absolute Gasteiger partial charge is 0.153 e. The van der Waals surface area contributed by atoms with Crippen molar-refractivity contribution in [1.82, 2.24) is 4.37 Å². The predicted molar refractivity (Wildman–Crippen MR) is 72.0 cm³/mol. The van der Waals surface area contributed by atoms with Gasteiger partial charge >= 0.3 is 0 Å². The van der Waals surface area contributed by atoms with Gasteiger partial charge in [-0.3, -0.25) is 0 Å². The predicted octanol–water partition coefficient (Wildman–Crippen LogP) is 3.20. The standard InChI is InChI=1S/C11H12FN3S2/c1-16-9-10(13)15-17-11(9)14-6-7-2-4-8(12)5-3-7/h2-5,14H,6H2,1H3,(H2,13,15). The van der Waals surface area contributed by atoms with E-state index in [1.54, 1.807) is 23.9 Å². The maximum absolute atomic E-state index is 12.7. The lowest BCUT2D eigenvalue weighted by molar-refractivity contribution is 0.627. The van der Waals surface area contributed by atoms with E-state index < -0.39 is 0 Å². The van der Waals surface area contributed by atoms with Crippen molar-refractivity contribution >= 4 is 34.1 Å². The van der Waals surface area contributed by atoms with Crippen molar-refractivity contribution < 1.29 is 4.39 Å². The van der Waals surface area contributed by atoms with Gasteiger partial charge in [0, 0.05) is 6.54 Å². The van der Waals surface area contributed by atoms with E-state index in [-0.39, 0.29) is 5.82 Å². The summed E-state index contributed by atoms with van der Waals surface area (Å²) in [7, 11) is 0. The summed E-state index contributed by atoms with van der Waals surface area (Å²) in [6, 6.07) is 6.41. The maximum atomic E-state index is 12.7. The number of nitrogens with one attached hydrogen (secondary N) is 1. The highest BCUT2D eigenvalue weighted by atomic mass is 32.2. The lowest BCUT2D eigenvalue weighted by Gasteiger charge is -2.05. The van der Waals surface area contributed by atoms with Crippen molar-refractivity contribution in [3.8, 4) is 0 Å². The molecule has 1 aromatic heterocycles. The second-order valence-corrected chi connectivity index (χ2v) is 5.00. The first-order chi connectivity index (χ1) is 8.20. The van der Waals surface area contributed by atoms with Crippen LogP contribution in [0, 0.1) is 5.82 Å². The SMILES string of the molecule is CSc1c(N)nsc1NCc1ccc(F)cc1. The zero-order chi connectivity index (χ0) is 12.3. The van der Waals surface area contributed by atoms with Gasteiger partial charge in [0.15, 0.2) is 5.82 Å². The molecule has 1 heterocycles. The van der Waals surface area contributed by atoms with E-state index in [2.05, 4.69) is 9.69 Å². The van der Waals surface area contributed by atoms with Crippen LogP contribution in [0.3, 0.4) is 0 Å². The quantitative estimate of drug-likeness (QED) is 0.837. The van der Waals surface area contributed by atoms with E-state index in [1.807, 2.05) is 6.26 Å². The molecule has 0 unspecified atom stereocenters. The van der Waals surface area contributed by atoms with Gasteiger partial charge in [0.05, 0.1) is 4.90 Å². The van der Waals surface area contributed by atoms with Crippen LogP contribution in [0.25, 0.3) is 0 Å². The van der Waals surface area contributed by atoms with Crippen LogP contribution in [0.5, 0.6) is 0 Å². The van der Waals surface area contributed by atoms with Gasteiger partial charge in [-0.05, 0) is 35.5 Å². The first-order valence-corrected chi connectivity index (χ1v) is 6.98. The van der Waals surface area contributed by atoms with Gasteiger partial charge < -0.3 is 11.1 Å². The first-order valence-electron chi connectivity index (χ1n) is 4.98. The number of hydrogen-bond donors (Lipinski definition) is 2. The van der Waals surface area contributed by atoms with Crippen molar-refractivity contribution in [3.63, 3.8) is 0 Å². The summed E-state index contributed by atoms with van der Waals surface area (Å²) in [6.45, 7) is 0.634. The van der Waals surface area contributed by atoms with Crippen LogP contribution >= 0.6 is 23.3 Å². The molecular formula is C11H12FN3S2. The van der Waals surface area contributed by atoms with E-state index in [0.29, 0.717) is 12.4 Å². The maximum Gasteiger partial charge on any atom is 0.153 e. The molecule has 0 saturated carbocycles. The number of halogens is 1. The highest BCUT2D eigenvalue weighted by molar-refractivity contribution is 7.99. The average molecular weight is 269 g/mol. The lowest BCUT2D eigenvalue weighted by Crippen LogP contribution is -1.98. The molecule has 0 bridgehead atoms. The number of rotatable bonds is 4. The number of nitrogens with two attached hydrogens (primary N) is 1. The largest absolute Gasteiger partial charge is 0.382 e. The highest BCUT2D eigenvalue weighted by Crippen LogP contribution is 2.34. The number of thioether (sulfide) groups is 1. The van der Waals surface area contributed by atoms with Crippen molar-refractivity contribution in [2.24, 2.45) is 0 Å². The topological polar surface area (TPSA) is 50.9 Å². The van der Waals surface area contributed by atoms with Gasteiger partial charge in [-0.1, -0.05) is 12.1 Å². The number of nitrogen functional groups attached to an aromatic ring is 1. The molecule has 0 saturated heterocycles. The van der Waals surface area contributed by atoms with E-state index in [9.17, 15) is 4.39 Å². The molecule has 6 heteroatoms. The van der Waals surface area contributed by atoms with Crippen molar-refractivity contribution in [2.45, 2.75) is 11.4 Å². The van der Waals surface area contributed by atoms with Gasteiger partial charge in [-0.25, -0.2) is 4.39 Å². The summed E-state index contributed by atoms with van der Waals surface area (Å²) in [5.74, 6) is 0.338. The first kappa shape index (κ1) is 12.2. The number of aromatic nitrogens is 1. The number of hydrogen-bond acceptors (Lipinski definition) is 5. The molecule has 3 nitrogen and oxygen atoms in total. The number of anilines is 2. The summed E-state index contributed by atoms with van der Waals surface area (Å²) < 4.78 is 16.8. The van der Waals surface area contributed by atoms with Crippen molar-refractivity contribution in [2.75, 3.05) is 17.3 Å². The normalized spacial score (nSPS) is 10.5. The van der Waals surface area contributed by atoms with Crippen LogP contribution in [0.15, 0.2) is 29.2 Å². The van der Waals surface area contributed by atoms with E-state index in [0.717, 1.165) is 15.5 Å². The Labute approximate surface area is 107 Å². The molecule has 0 radical (unpaired) electrons. The van der Waals surface area contributed by atoms with Crippen LogP contribution in [-0.4, -0.2) is 10.6 Å². The Bertz CT molecular complexity index is 496. The fourth-order valence-corrected chi connectivity index (χ4v) is 2.93. The Morgan fingerprint density at radius 3 is 2.76 bits per heavy atom. The van der Waals surface area contributed by atoms with Gasteiger partial charge in [0.25, 0.3) is 0 Å². The molecular weight excluding hydrogens is 257 g/mol. The van der Waals surface area contributed by atoms with Gasteiger partial charge in [-0.15, -0.1) is 11.8 Å². The van der Waals surface area contributed by atoms with Gasteiger partial charge in [0.1, 0.15) is 10.8 Å². The monoisotopic (exact) mass is 269 g/mol. The van der Waals surface area contributed by atoms with Crippen LogP contribution in [0.4, 0.5) is 15.2 Å². The fourth-order valence-electron chi connectivity index (χ4n) is 1.39. The average Bonchev–Trinajstić information content (AvgIpc) is 2.69. The molecule has 0 aliphatic heterocycles. The zero-order valence-corrected chi connectivity index (χ0v) is 10.9. The third-order valence-corrected chi connectivity index (χ3v) is 4.01. The van der Waals surface area contributed by atoms with Gasteiger partial charge in [0.2, 0.25) is 0 Å². The molecule has 1 aromatic carbocycles. The lowest BCUT2D eigenvalue weighted by atomic mass is 10.2. The molecule has 2 rings (SSSR count). The zero-order valence-electron chi connectivity index (χ0n) is 9.24. The van der Waals surface area contributed by atoms with E-state index in [4.69, 9.17) is 5.73 Å². The summed E-state index contributed by atoms with van der Waals surface area (Å²) in [5, 5.41) is 4.21. The minimum Gasteiger partial charge on any atom is -0.382 e. The Hall–Kier alpha value is -1.27. The summed E-state index contributed by atoms with van der Waals surface area (Å²) in [6.07, 6.45) is 1.96. The van der Waals surface area contributed by atoms with Crippen molar-refractivity contribution in [3.05, 3.63) is 35.6 Å². The fraction of sp³-hybridized carbons (Fsp3) is 0.182. The molecule has 17 heavy (non-hydrogen) atoms. The minimum absolute atomic E-state index is 0.222. The van der Waals surface area contributed by atoms with Crippen molar-refractivity contribution in [1.29, 1.82) is 0 Å². The Kier molecular flexibility index (Phi) is 3.86. The highest BCUT2D eigenvalue weighted by Gasteiger charge is 2.09. The summed E-state index contributed by atoms with van der Waals surface area (Å²) in [5.41, 5.74) is 6.75. The van der Waals surface area contributed by atoms with Crippen LogP contribution in [0.1, 0.15) is 5.56 Å². The Balaban J connectivity index is 2.04. The molecule has 0 fully saturated rings. The van der Waals surface area contributed by atoms with Crippen LogP contribution < -0.4 is 11.1 Å². The molecule has 0 aliphatic rings. The number of benzene rings is 1. The second-order valence-electron chi connectivity index (χ2n) is 3.41. The summed E-state index contributed by atoms with van der Waals surface area (Å²) >= 11 is 2.91. The van der Waals surface area contributed by atoms with Crippen LogP contribution in [0.2, 0.25) is 0 Å². The molecule has 0 aliphatic carbocycles. The van der Waals surface area contributed by atoms with Gasteiger partial charge in [-0.2, -0.15) is 4.37 Å². The third-order valence-electron chi connectivity index (χ3n) is 2.24. The van der Waals surface area contributed by atoms with E-state index in [1.165, 1.54) is 23.7 Å². The number of nitrogens with zero attached hydrogens (tertiary/aromatic N) is 1. The molecule has 0 amide bonds. The second kappa shape index (κ2) is 5.37. The molecule has 0 spiro atoms. The molecule has 90 valence electrons. The minimum atomic E-state index is -0.222. The Morgan fingerprint density at radius 1 is 1.41 bits per heavy atom. The van der Waals surface area contributed by atoms with E-state index >= 15 is 0 Å². The molecule has 0 atom stereocenters. The van der Waals surface area contributed by atoms with Crippen LogP contribution in [-0.2, 0) is 6.54 Å². The molecule has 3 N–H and O–H groups in total. The summed E-state index contributed by atoms with van der Waals surface area (Å²) in [4.78, 5) is 0.970. The third kappa shape index (κ3) is 2.89. The molecule has 2 aromatic rings. The Morgan fingerprint density at radius 2 is 2.12 bits per heavy atom.